The lowest BCUT2D eigenvalue weighted by atomic mass is 10.2. The Balaban J connectivity index is 1.83. The number of carbonyl (C=O) groups is 1. The number of halogens is 1. The van der Waals surface area contributed by atoms with E-state index < -0.39 is 5.91 Å². The lowest BCUT2D eigenvalue weighted by Gasteiger charge is -2.10. The number of nitrogens with one attached hydrogen (secondary N) is 1. The molecule has 0 aliphatic rings. The number of rotatable bonds is 9. The molecular weight excluding hydrogens is 339 g/mol. The highest BCUT2D eigenvalue weighted by atomic mass is 19.1. The first-order valence-corrected chi connectivity index (χ1v) is 8.14. The molecule has 0 heterocycles. The van der Waals surface area contributed by atoms with Crippen molar-refractivity contribution >= 4 is 17.8 Å². The summed E-state index contributed by atoms with van der Waals surface area (Å²) in [6, 6.07) is 10.8. The van der Waals surface area contributed by atoms with Crippen molar-refractivity contribution in [3.8, 4) is 11.5 Å². The molecule has 2 aromatic carbocycles. The molecule has 0 aromatic heterocycles. The van der Waals surface area contributed by atoms with Gasteiger partial charge in [0, 0.05) is 11.3 Å². The van der Waals surface area contributed by atoms with Crippen molar-refractivity contribution in [3.05, 3.63) is 53.8 Å². The summed E-state index contributed by atoms with van der Waals surface area (Å²) in [5, 5.41) is 6.33. The minimum absolute atomic E-state index is 0.261. The molecule has 0 atom stereocenters. The van der Waals surface area contributed by atoms with E-state index in [1.807, 2.05) is 6.92 Å². The fourth-order valence-electron chi connectivity index (χ4n) is 2.02. The summed E-state index contributed by atoms with van der Waals surface area (Å²) in [5.74, 6) is 0.489. The lowest BCUT2D eigenvalue weighted by Crippen LogP contribution is -2.16. The monoisotopic (exact) mass is 360 g/mol. The number of hydrogen-bond donors (Lipinski definition) is 1. The van der Waals surface area contributed by atoms with Crippen LogP contribution in [0.15, 0.2) is 47.6 Å². The van der Waals surface area contributed by atoms with Gasteiger partial charge in [-0.1, -0.05) is 12.1 Å². The number of methoxy groups -OCH3 is 1. The Labute approximate surface area is 151 Å². The van der Waals surface area contributed by atoms with Gasteiger partial charge in [-0.05, 0) is 48.9 Å². The number of amides is 1. The highest BCUT2D eigenvalue weighted by molar-refractivity contribution is 5.91. The largest absolute Gasteiger partial charge is 0.493 e. The summed E-state index contributed by atoms with van der Waals surface area (Å²) in [6.45, 7) is 2.37. The highest BCUT2D eigenvalue weighted by Crippen LogP contribution is 2.27. The average molecular weight is 360 g/mol. The van der Waals surface area contributed by atoms with E-state index in [1.54, 1.807) is 25.3 Å². The van der Waals surface area contributed by atoms with Crippen molar-refractivity contribution < 1.29 is 23.5 Å². The van der Waals surface area contributed by atoms with Crippen molar-refractivity contribution in [2.45, 2.75) is 13.3 Å². The maximum absolute atomic E-state index is 12.8. The zero-order valence-corrected chi connectivity index (χ0v) is 14.7. The van der Waals surface area contributed by atoms with Gasteiger partial charge < -0.3 is 19.6 Å². The molecule has 0 radical (unpaired) electrons. The summed E-state index contributed by atoms with van der Waals surface area (Å²) in [4.78, 5) is 16.7. The number of carbonyl (C=O) groups excluding carboxylic acids is 1. The van der Waals surface area contributed by atoms with Gasteiger partial charge >= 0.3 is 0 Å². The van der Waals surface area contributed by atoms with Crippen molar-refractivity contribution in [1.29, 1.82) is 0 Å². The van der Waals surface area contributed by atoms with Crippen LogP contribution in [0.4, 0.5) is 10.1 Å². The van der Waals surface area contributed by atoms with Gasteiger partial charge in [0.25, 0.3) is 5.91 Å². The zero-order chi connectivity index (χ0) is 18.8. The van der Waals surface area contributed by atoms with Gasteiger partial charge in [0.05, 0.1) is 19.9 Å². The number of nitrogens with zero attached hydrogens (tertiary/aromatic N) is 1. The van der Waals surface area contributed by atoms with E-state index in [1.165, 1.54) is 30.5 Å². The Morgan fingerprint density at radius 2 is 1.96 bits per heavy atom. The first-order chi connectivity index (χ1) is 12.6. The summed E-state index contributed by atoms with van der Waals surface area (Å²) in [7, 11) is 1.56. The summed E-state index contributed by atoms with van der Waals surface area (Å²) >= 11 is 0. The molecule has 26 heavy (non-hydrogen) atoms. The Bertz CT molecular complexity index is 748. The zero-order valence-electron chi connectivity index (χ0n) is 14.7. The molecular formula is C19H21FN2O4. The summed E-state index contributed by atoms with van der Waals surface area (Å²) < 4.78 is 23.7. The van der Waals surface area contributed by atoms with Crippen LogP contribution in [0.25, 0.3) is 0 Å². The molecule has 0 fully saturated rings. The van der Waals surface area contributed by atoms with E-state index in [9.17, 15) is 9.18 Å². The van der Waals surface area contributed by atoms with E-state index in [4.69, 9.17) is 14.3 Å². The Kier molecular flexibility index (Phi) is 7.42. The number of ether oxygens (including phenoxy) is 2. The van der Waals surface area contributed by atoms with Gasteiger partial charge in [-0.25, -0.2) is 4.39 Å². The van der Waals surface area contributed by atoms with Crippen molar-refractivity contribution in [2.75, 3.05) is 25.6 Å². The van der Waals surface area contributed by atoms with Gasteiger partial charge in [0.1, 0.15) is 5.82 Å². The van der Waals surface area contributed by atoms with E-state index >= 15 is 0 Å². The van der Waals surface area contributed by atoms with Crippen LogP contribution in [0.5, 0.6) is 11.5 Å². The van der Waals surface area contributed by atoms with Crippen LogP contribution in [0.3, 0.4) is 0 Å². The predicted molar refractivity (Wildman–Crippen MR) is 97.4 cm³/mol. The van der Waals surface area contributed by atoms with Crippen LogP contribution in [-0.2, 0) is 9.63 Å². The molecule has 0 saturated carbocycles. The number of hydrogen-bond acceptors (Lipinski definition) is 5. The minimum atomic E-state index is -0.394. The Hall–Kier alpha value is -3.09. The molecule has 1 amide bonds. The van der Waals surface area contributed by atoms with Gasteiger partial charge in [-0.3, -0.25) is 4.79 Å². The molecule has 0 bridgehead atoms. The summed E-state index contributed by atoms with van der Waals surface area (Å²) in [5.41, 5.74) is 1.22. The van der Waals surface area contributed by atoms with Gasteiger partial charge in [-0.2, -0.15) is 0 Å². The van der Waals surface area contributed by atoms with Crippen LogP contribution in [0.1, 0.15) is 18.9 Å². The minimum Gasteiger partial charge on any atom is -0.493 e. The van der Waals surface area contributed by atoms with Crippen LogP contribution in [-0.4, -0.2) is 32.4 Å². The van der Waals surface area contributed by atoms with E-state index in [-0.39, 0.29) is 12.4 Å². The van der Waals surface area contributed by atoms with Gasteiger partial charge in [0.15, 0.2) is 18.1 Å². The third kappa shape index (κ3) is 6.08. The topological polar surface area (TPSA) is 69.2 Å². The van der Waals surface area contributed by atoms with Crippen molar-refractivity contribution in [1.82, 2.24) is 0 Å². The SMILES string of the molecule is CCCOc1ccc(/C=N\OCC(=O)Nc2ccc(F)cc2)cc1OC. The predicted octanol–water partition coefficient (Wildman–Crippen LogP) is 3.61. The quantitative estimate of drug-likeness (QED) is 0.548. The van der Waals surface area contributed by atoms with Crippen molar-refractivity contribution in [2.24, 2.45) is 5.16 Å². The normalized spacial score (nSPS) is 10.6. The maximum Gasteiger partial charge on any atom is 0.265 e. The third-order valence-electron chi connectivity index (χ3n) is 3.25. The van der Waals surface area contributed by atoms with Crippen LogP contribution >= 0.6 is 0 Å². The van der Waals surface area contributed by atoms with E-state index in [2.05, 4.69) is 10.5 Å². The molecule has 2 aromatic rings. The lowest BCUT2D eigenvalue weighted by molar-refractivity contribution is -0.120. The molecule has 6 nitrogen and oxygen atoms in total. The molecule has 0 unspecified atom stereocenters. The number of anilines is 1. The smallest absolute Gasteiger partial charge is 0.265 e. The number of oxime groups is 1. The summed E-state index contributed by atoms with van der Waals surface area (Å²) in [6.07, 6.45) is 2.37. The second-order valence-electron chi connectivity index (χ2n) is 5.32. The first kappa shape index (κ1) is 19.2. The maximum atomic E-state index is 12.8. The fourth-order valence-corrected chi connectivity index (χ4v) is 2.02. The van der Waals surface area contributed by atoms with E-state index in [0.717, 1.165) is 12.0 Å². The number of benzene rings is 2. The third-order valence-corrected chi connectivity index (χ3v) is 3.25. The Morgan fingerprint density at radius 3 is 2.65 bits per heavy atom. The molecule has 7 heteroatoms. The molecule has 0 aliphatic heterocycles. The van der Waals surface area contributed by atoms with Crippen LogP contribution in [0.2, 0.25) is 0 Å². The molecule has 2 rings (SSSR count). The molecule has 0 saturated heterocycles. The molecule has 0 spiro atoms. The second kappa shape index (κ2) is 10.0. The van der Waals surface area contributed by atoms with Crippen LogP contribution < -0.4 is 14.8 Å². The average Bonchev–Trinajstić information content (AvgIpc) is 2.65. The molecule has 0 aliphatic carbocycles. The molecule has 1 N–H and O–H groups in total. The Morgan fingerprint density at radius 1 is 1.19 bits per heavy atom. The van der Waals surface area contributed by atoms with Crippen molar-refractivity contribution in [3.63, 3.8) is 0 Å². The van der Waals surface area contributed by atoms with Gasteiger partial charge in [0.2, 0.25) is 0 Å². The standard InChI is InChI=1S/C19H21FN2O4/c1-3-10-25-17-9-4-14(11-18(17)24-2)12-21-26-13-19(23)22-16-7-5-15(20)6-8-16/h4-9,11-12H,3,10,13H2,1-2H3,(H,22,23)/b21-12-. The van der Waals surface area contributed by atoms with Gasteiger partial charge in [-0.15, -0.1) is 0 Å². The highest BCUT2D eigenvalue weighted by Gasteiger charge is 2.05. The molecule has 138 valence electrons. The van der Waals surface area contributed by atoms with Crippen LogP contribution in [0, 0.1) is 5.82 Å². The fraction of sp³-hybridized carbons (Fsp3) is 0.263. The van der Waals surface area contributed by atoms with E-state index in [0.29, 0.717) is 23.8 Å². The second-order valence-corrected chi connectivity index (χ2v) is 5.32. The first-order valence-electron chi connectivity index (χ1n) is 8.14.